The molecule has 0 spiro atoms. The largest absolute Gasteiger partial charge is 0.458 e. The predicted octanol–water partition coefficient (Wildman–Crippen LogP) is 4.81. The molecule has 1 aromatic carbocycles. The first-order chi connectivity index (χ1) is 8.76. The maximum Gasteiger partial charge on any atom is 0.148 e. The van der Waals surface area contributed by atoms with E-state index in [0.29, 0.717) is 0 Å². The molecule has 1 heterocycles. The smallest absolute Gasteiger partial charge is 0.148 e. The lowest BCUT2D eigenvalue weighted by Crippen LogP contribution is -2.15. The number of hydrogen-bond donors (Lipinski definition) is 1. The van der Waals surface area contributed by atoms with Gasteiger partial charge in [0, 0.05) is 5.39 Å². The highest BCUT2D eigenvalue weighted by Crippen LogP contribution is 2.31. The van der Waals surface area contributed by atoms with Gasteiger partial charge in [0.15, 0.2) is 0 Å². The van der Waals surface area contributed by atoms with Gasteiger partial charge >= 0.3 is 0 Å². The fourth-order valence-corrected chi connectivity index (χ4v) is 2.58. The molecule has 0 aliphatic heterocycles. The number of hydrogen-bond acceptors (Lipinski definition) is 2. The predicted molar refractivity (Wildman–Crippen MR) is 79.8 cm³/mol. The Morgan fingerprint density at radius 2 is 2.33 bits per heavy atom. The summed E-state index contributed by atoms with van der Waals surface area (Å²) in [4.78, 5) is 0. The Balaban J connectivity index is 2.22. The standard InChI is InChI=1S/C15H18BrNO/c1-3-4-5-9-13(17-2)14-10-11-7-6-8-12(16)15(11)18-14/h3,6-8,10,13,17H,1,4-5,9H2,2H3. The minimum absolute atomic E-state index is 0.268. The summed E-state index contributed by atoms with van der Waals surface area (Å²) < 4.78 is 6.95. The number of benzene rings is 1. The molecule has 0 amide bonds. The molecule has 0 bridgehead atoms. The van der Waals surface area contributed by atoms with Crippen LogP contribution < -0.4 is 5.32 Å². The number of allylic oxidation sites excluding steroid dienone is 1. The third-order valence-corrected chi connectivity index (χ3v) is 3.73. The molecule has 0 saturated carbocycles. The Morgan fingerprint density at radius 3 is 3.00 bits per heavy atom. The van der Waals surface area contributed by atoms with Crippen LogP contribution >= 0.6 is 15.9 Å². The zero-order chi connectivity index (χ0) is 13.0. The van der Waals surface area contributed by atoms with Crippen LogP contribution in [-0.2, 0) is 0 Å². The normalized spacial score (nSPS) is 12.8. The van der Waals surface area contributed by atoms with E-state index in [1.807, 2.05) is 25.3 Å². The first kappa shape index (κ1) is 13.4. The van der Waals surface area contributed by atoms with E-state index in [1.54, 1.807) is 0 Å². The van der Waals surface area contributed by atoms with Gasteiger partial charge in [-0.05, 0) is 54.4 Å². The molecule has 1 unspecified atom stereocenters. The third kappa shape index (κ3) is 2.85. The van der Waals surface area contributed by atoms with Crippen LogP contribution in [0.4, 0.5) is 0 Å². The summed E-state index contributed by atoms with van der Waals surface area (Å²) in [5, 5.41) is 4.46. The summed E-state index contributed by atoms with van der Waals surface area (Å²) in [6.07, 6.45) is 5.18. The van der Waals surface area contributed by atoms with E-state index in [-0.39, 0.29) is 6.04 Å². The average Bonchev–Trinajstić information content (AvgIpc) is 2.80. The van der Waals surface area contributed by atoms with Crippen molar-refractivity contribution in [2.45, 2.75) is 25.3 Å². The molecule has 0 aliphatic rings. The fraction of sp³-hybridized carbons (Fsp3) is 0.333. The molecule has 2 rings (SSSR count). The number of furan rings is 1. The van der Waals surface area contributed by atoms with Gasteiger partial charge in [-0.15, -0.1) is 6.58 Å². The van der Waals surface area contributed by atoms with Gasteiger partial charge in [-0.1, -0.05) is 18.2 Å². The molecular formula is C15H18BrNO. The monoisotopic (exact) mass is 307 g/mol. The lowest BCUT2D eigenvalue weighted by Gasteiger charge is -2.12. The van der Waals surface area contributed by atoms with Crippen LogP contribution in [0.5, 0.6) is 0 Å². The van der Waals surface area contributed by atoms with Crippen LogP contribution in [0.2, 0.25) is 0 Å². The van der Waals surface area contributed by atoms with Crippen molar-refractivity contribution in [2.75, 3.05) is 7.05 Å². The Labute approximate surface area is 116 Å². The van der Waals surface area contributed by atoms with E-state index in [2.05, 4.69) is 40.0 Å². The van der Waals surface area contributed by atoms with Crippen molar-refractivity contribution in [1.82, 2.24) is 5.32 Å². The molecule has 3 heteroatoms. The number of para-hydroxylation sites is 1. The van der Waals surface area contributed by atoms with Crippen molar-refractivity contribution >= 4 is 26.9 Å². The third-order valence-electron chi connectivity index (χ3n) is 3.11. The second kappa shape index (κ2) is 6.21. The van der Waals surface area contributed by atoms with Gasteiger partial charge in [-0.2, -0.15) is 0 Å². The van der Waals surface area contributed by atoms with Crippen molar-refractivity contribution in [3.05, 3.63) is 47.2 Å². The van der Waals surface area contributed by atoms with Crippen molar-refractivity contribution in [3.63, 3.8) is 0 Å². The molecule has 1 N–H and O–H groups in total. The molecule has 96 valence electrons. The SMILES string of the molecule is C=CCCCC(NC)c1cc2cccc(Br)c2o1. The van der Waals surface area contributed by atoms with Gasteiger partial charge in [0.25, 0.3) is 0 Å². The number of nitrogens with one attached hydrogen (secondary N) is 1. The topological polar surface area (TPSA) is 25.2 Å². The summed E-state index contributed by atoms with van der Waals surface area (Å²) in [6.45, 7) is 3.75. The van der Waals surface area contributed by atoms with Crippen LogP contribution in [0.3, 0.4) is 0 Å². The van der Waals surface area contributed by atoms with Gasteiger partial charge in [-0.25, -0.2) is 0 Å². The molecule has 2 aromatic rings. The molecule has 2 nitrogen and oxygen atoms in total. The zero-order valence-corrected chi connectivity index (χ0v) is 12.2. The minimum atomic E-state index is 0.268. The summed E-state index contributed by atoms with van der Waals surface area (Å²) in [6, 6.07) is 8.49. The summed E-state index contributed by atoms with van der Waals surface area (Å²) in [5.41, 5.74) is 0.927. The number of fused-ring (bicyclic) bond motifs is 1. The molecule has 0 aliphatic carbocycles. The van der Waals surface area contributed by atoms with Crippen LogP contribution in [0.15, 0.2) is 45.8 Å². The summed E-state index contributed by atoms with van der Waals surface area (Å²) >= 11 is 3.52. The van der Waals surface area contributed by atoms with Gasteiger partial charge in [0.05, 0.1) is 10.5 Å². The first-order valence-corrected chi connectivity index (χ1v) is 7.01. The van der Waals surface area contributed by atoms with Crippen molar-refractivity contribution in [2.24, 2.45) is 0 Å². The van der Waals surface area contributed by atoms with E-state index in [4.69, 9.17) is 4.42 Å². The average molecular weight is 308 g/mol. The molecule has 18 heavy (non-hydrogen) atoms. The molecular weight excluding hydrogens is 290 g/mol. The van der Waals surface area contributed by atoms with Gasteiger partial charge < -0.3 is 9.73 Å². The molecule has 0 radical (unpaired) electrons. The summed E-state index contributed by atoms with van der Waals surface area (Å²) in [5.74, 6) is 1.00. The maximum absolute atomic E-state index is 5.95. The van der Waals surface area contributed by atoms with Crippen molar-refractivity contribution in [1.29, 1.82) is 0 Å². The number of rotatable bonds is 6. The van der Waals surface area contributed by atoms with Gasteiger partial charge in [0.2, 0.25) is 0 Å². The second-order valence-electron chi connectivity index (χ2n) is 4.37. The van der Waals surface area contributed by atoms with E-state index in [1.165, 1.54) is 0 Å². The van der Waals surface area contributed by atoms with E-state index in [0.717, 1.165) is 40.5 Å². The Kier molecular flexibility index (Phi) is 4.61. The van der Waals surface area contributed by atoms with Crippen LogP contribution in [0, 0.1) is 0 Å². The molecule has 1 atom stereocenters. The number of halogens is 1. The Hall–Kier alpha value is -1.06. The van der Waals surface area contributed by atoms with Crippen molar-refractivity contribution < 1.29 is 4.42 Å². The Morgan fingerprint density at radius 1 is 1.50 bits per heavy atom. The number of unbranched alkanes of at least 4 members (excludes halogenated alkanes) is 1. The highest BCUT2D eigenvalue weighted by atomic mass is 79.9. The Bertz CT molecular complexity index is 532. The van der Waals surface area contributed by atoms with E-state index in [9.17, 15) is 0 Å². The van der Waals surface area contributed by atoms with E-state index < -0.39 is 0 Å². The lowest BCUT2D eigenvalue weighted by molar-refractivity contribution is 0.425. The molecule has 0 fully saturated rings. The summed E-state index contributed by atoms with van der Waals surface area (Å²) in [7, 11) is 1.97. The highest BCUT2D eigenvalue weighted by Gasteiger charge is 2.15. The fourth-order valence-electron chi connectivity index (χ4n) is 2.11. The first-order valence-electron chi connectivity index (χ1n) is 6.22. The second-order valence-corrected chi connectivity index (χ2v) is 5.22. The molecule has 0 saturated heterocycles. The maximum atomic E-state index is 5.95. The highest BCUT2D eigenvalue weighted by molar-refractivity contribution is 9.10. The van der Waals surface area contributed by atoms with E-state index >= 15 is 0 Å². The molecule has 1 aromatic heterocycles. The zero-order valence-electron chi connectivity index (χ0n) is 10.6. The van der Waals surface area contributed by atoms with Crippen molar-refractivity contribution in [3.8, 4) is 0 Å². The van der Waals surface area contributed by atoms with Gasteiger partial charge in [-0.3, -0.25) is 0 Å². The minimum Gasteiger partial charge on any atom is -0.458 e. The van der Waals surface area contributed by atoms with Crippen LogP contribution in [0.1, 0.15) is 31.1 Å². The lowest BCUT2D eigenvalue weighted by atomic mass is 10.1. The van der Waals surface area contributed by atoms with Crippen LogP contribution in [0.25, 0.3) is 11.0 Å². The van der Waals surface area contributed by atoms with Gasteiger partial charge in [0.1, 0.15) is 11.3 Å². The van der Waals surface area contributed by atoms with Crippen LogP contribution in [-0.4, -0.2) is 7.05 Å². The quantitative estimate of drug-likeness (QED) is 0.612.